The lowest BCUT2D eigenvalue weighted by Crippen LogP contribution is -2.69. The molecule has 0 radical (unpaired) electrons. The third-order valence-corrected chi connectivity index (χ3v) is 6.24. The standard InChI is InChI=1S/C33H30N6O3/c40-31(38(29-22-12-4-13-23-29)35-27-18-8-2-9-19-27)33(42,37-34-26-16-6-1-7-17-26)32(41)39(30-24-14-5-15-25-30)36-28-20-10-3-11-21-28/h1-25,34-37,42H. The number of nitrogens with one attached hydrogen (secondary N) is 4. The van der Waals surface area contributed by atoms with Crippen molar-refractivity contribution in [2.24, 2.45) is 0 Å². The van der Waals surface area contributed by atoms with E-state index < -0.39 is 17.5 Å². The molecule has 2 amide bonds. The zero-order chi connectivity index (χ0) is 29.2. The van der Waals surface area contributed by atoms with Gasteiger partial charge in [0.25, 0.3) is 5.72 Å². The summed E-state index contributed by atoms with van der Waals surface area (Å²) in [6, 6.07) is 44.3. The molecule has 0 aliphatic heterocycles. The molecule has 0 fully saturated rings. The molecule has 0 saturated heterocycles. The van der Waals surface area contributed by atoms with Crippen LogP contribution in [-0.2, 0) is 9.59 Å². The van der Waals surface area contributed by atoms with Crippen LogP contribution in [0.3, 0.4) is 0 Å². The molecular formula is C33H30N6O3. The average molecular weight is 559 g/mol. The Kier molecular flexibility index (Phi) is 8.73. The van der Waals surface area contributed by atoms with Gasteiger partial charge in [-0.15, -0.1) is 0 Å². The van der Waals surface area contributed by atoms with Crippen LogP contribution in [-0.4, -0.2) is 22.6 Å². The van der Waals surface area contributed by atoms with Crippen LogP contribution in [0.15, 0.2) is 152 Å². The smallest absolute Gasteiger partial charge is 0.304 e. The van der Waals surface area contributed by atoms with Crippen molar-refractivity contribution in [3.8, 4) is 0 Å². The van der Waals surface area contributed by atoms with Crippen LogP contribution < -0.4 is 31.7 Å². The van der Waals surface area contributed by atoms with E-state index in [1.807, 2.05) is 54.6 Å². The van der Waals surface area contributed by atoms with E-state index in [0.29, 0.717) is 28.4 Å². The first-order chi connectivity index (χ1) is 20.5. The normalized spacial score (nSPS) is 10.8. The van der Waals surface area contributed by atoms with Crippen molar-refractivity contribution in [3.05, 3.63) is 152 Å². The van der Waals surface area contributed by atoms with Gasteiger partial charge in [0.05, 0.1) is 22.7 Å². The van der Waals surface area contributed by atoms with Gasteiger partial charge >= 0.3 is 11.8 Å². The lowest BCUT2D eigenvalue weighted by atomic mass is 10.1. The number of hydrazine groups is 3. The van der Waals surface area contributed by atoms with Crippen molar-refractivity contribution >= 4 is 40.3 Å². The number of carbonyl (C=O) groups is 2. The van der Waals surface area contributed by atoms with Crippen molar-refractivity contribution in [2.45, 2.75) is 5.72 Å². The monoisotopic (exact) mass is 558 g/mol. The van der Waals surface area contributed by atoms with E-state index in [4.69, 9.17) is 0 Å². The highest BCUT2D eigenvalue weighted by molar-refractivity contribution is 6.19. The van der Waals surface area contributed by atoms with Crippen molar-refractivity contribution < 1.29 is 14.7 Å². The van der Waals surface area contributed by atoms with Gasteiger partial charge in [-0.1, -0.05) is 91.0 Å². The number of benzene rings is 5. The minimum atomic E-state index is -2.83. The summed E-state index contributed by atoms with van der Waals surface area (Å²) in [5.74, 6) is -1.97. The number of anilines is 5. The molecule has 9 nitrogen and oxygen atoms in total. The summed E-state index contributed by atoms with van der Waals surface area (Å²) < 4.78 is 0. The quantitative estimate of drug-likeness (QED) is 0.0838. The first-order valence-electron chi connectivity index (χ1n) is 13.3. The summed E-state index contributed by atoms with van der Waals surface area (Å²) >= 11 is 0. The molecule has 0 saturated carbocycles. The topological polar surface area (TPSA) is 109 Å². The van der Waals surface area contributed by atoms with Gasteiger partial charge < -0.3 is 10.5 Å². The second-order valence-corrected chi connectivity index (χ2v) is 9.23. The summed E-state index contributed by atoms with van der Waals surface area (Å²) in [6.07, 6.45) is 0. The lowest BCUT2D eigenvalue weighted by molar-refractivity contribution is -0.153. The molecule has 0 heterocycles. The van der Waals surface area contributed by atoms with Crippen LogP contribution in [0.2, 0.25) is 0 Å². The highest BCUT2D eigenvalue weighted by Gasteiger charge is 2.51. The molecule has 5 rings (SSSR count). The van der Waals surface area contributed by atoms with Crippen LogP contribution in [0, 0.1) is 0 Å². The Labute approximate surface area is 244 Å². The van der Waals surface area contributed by atoms with E-state index in [-0.39, 0.29) is 0 Å². The fourth-order valence-electron chi connectivity index (χ4n) is 4.11. The Balaban J connectivity index is 1.58. The number of aliphatic hydroxyl groups is 1. The molecule has 9 heteroatoms. The van der Waals surface area contributed by atoms with Gasteiger partial charge in [-0.3, -0.25) is 20.4 Å². The van der Waals surface area contributed by atoms with Crippen LogP contribution in [0.5, 0.6) is 0 Å². The molecule has 5 N–H and O–H groups in total. The summed E-state index contributed by atoms with van der Waals surface area (Å²) in [6.45, 7) is 0. The zero-order valence-corrected chi connectivity index (χ0v) is 22.6. The second kappa shape index (κ2) is 13.1. The summed E-state index contributed by atoms with van der Waals surface area (Å²) in [5, 5.41) is 14.5. The molecule has 0 aliphatic rings. The number of rotatable bonds is 11. The number of amides is 2. The molecule has 0 atom stereocenters. The molecular weight excluding hydrogens is 528 g/mol. The predicted molar refractivity (Wildman–Crippen MR) is 166 cm³/mol. The fourth-order valence-corrected chi connectivity index (χ4v) is 4.11. The van der Waals surface area contributed by atoms with E-state index >= 15 is 0 Å². The molecule has 5 aromatic rings. The third kappa shape index (κ3) is 6.56. The highest BCUT2D eigenvalue weighted by atomic mass is 16.3. The number of hydrogen-bond donors (Lipinski definition) is 5. The van der Waals surface area contributed by atoms with E-state index in [0.717, 1.165) is 10.0 Å². The Bertz CT molecular complexity index is 1480. The van der Waals surface area contributed by atoms with E-state index in [2.05, 4.69) is 21.7 Å². The van der Waals surface area contributed by atoms with E-state index in [9.17, 15) is 14.7 Å². The van der Waals surface area contributed by atoms with Crippen LogP contribution in [0.25, 0.3) is 0 Å². The molecule has 0 aromatic heterocycles. The fraction of sp³-hybridized carbons (Fsp3) is 0.0303. The largest absolute Gasteiger partial charge is 0.359 e. The summed E-state index contributed by atoms with van der Waals surface area (Å²) in [5.41, 5.74) is 11.2. The lowest BCUT2D eigenvalue weighted by Gasteiger charge is -2.37. The van der Waals surface area contributed by atoms with Crippen molar-refractivity contribution in [1.29, 1.82) is 0 Å². The third-order valence-electron chi connectivity index (χ3n) is 6.24. The number of hydrogen-bond acceptors (Lipinski definition) is 7. The number of nitrogens with zero attached hydrogens (tertiary/aromatic N) is 2. The van der Waals surface area contributed by atoms with Crippen LogP contribution >= 0.6 is 0 Å². The van der Waals surface area contributed by atoms with E-state index in [1.54, 1.807) is 97.1 Å². The number of carbonyl (C=O) groups excluding carboxylic acids is 2. The molecule has 0 aliphatic carbocycles. The van der Waals surface area contributed by atoms with Crippen LogP contribution in [0.4, 0.5) is 28.4 Å². The first-order valence-corrected chi connectivity index (χ1v) is 13.3. The van der Waals surface area contributed by atoms with Crippen LogP contribution in [0.1, 0.15) is 0 Å². The Morgan fingerprint density at radius 1 is 0.476 bits per heavy atom. The Morgan fingerprint density at radius 3 is 1.14 bits per heavy atom. The summed E-state index contributed by atoms with van der Waals surface area (Å²) in [4.78, 5) is 28.9. The van der Waals surface area contributed by atoms with Gasteiger partial charge in [0, 0.05) is 5.69 Å². The highest BCUT2D eigenvalue weighted by Crippen LogP contribution is 2.25. The predicted octanol–water partition coefficient (Wildman–Crippen LogP) is 5.41. The molecule has 0 spiro atoms. The second-order valence-electron chi connectivity index (χ2n) is 9.23. The molecule has 5 aromatic carbocycles. The van der Waals surface area contributed by atoms with E-state index in [1.165, 1.54) is 0 Å². The van der Waals surface area contributed by atoms with Gasteiger partial charge in [-0.05, 0) is 60.7 Å². The maximum Gasteiger partial charge on any atom is 0.304 e. The number of para-hydroxylation sites is 5. The minimum absolute atomic E-state index is 0.404. The summed E-state index contributed by atoms with van der Waals surface area (Å²) in [7, 11) is 0. The molecule has 0 bridgehead atoms. The zero-order valence-electron chi connectivity index (χ0n) is 22.6. The molecule has 42 heavy (non-hydrogen) atoms. The van der Waals surface area contributed by atoms with Gasteiger partial charge in [-0.25, -0.2) is 10.0 Å². The Morgan fingerprint density at radius 2 is 0.786 bits per heavy atom. The van der Waals surface area contributed by atoms with Gasteiger partial charge in [0.2, 0.25) is 0 Å². The van der Waals surface area contributed by atoms with Gasteiger partial charge in [0.1, 0.15) is 0 Å². The average Bonchev–Trinajstić information content (AvgIpc) is 3.06. The maximum absolute atomic E-state index is 14.5. The molecule has 210 valence electrons. The Hall–Kier alpha value is -5.64. The van der Waals surface area contributed by atoms with Crippen molar-refractivity contribution in [3.63, 3.8) is 0 Å². The van der Waals surface area contributed by atoms with Gasteiger partial charge in [0.15, 0.2) is 0 Å². The van der Waals surface area contributed by atoms with Gasteiger partial charge in [-0.2, -0.15) is 5.43 Å². The maximum atomic E-state index is 14.5. The molecule has 0 unspecified atom stereocenters. The SMILES string of the molecule is O=C(N(Nc1ccccc1)c1ccccc1)C(O)(NNc1ccccc1)C(=O)N(Nc1ccccc1)c1ccccc1. The minimum Gasteiger partial charge on any atom is -0.359 e. The van der Waals surface area contributed by atoms with Crippen molar-refractivity contribution in [1.82, 2.24) is 5.43 Å². The first kappa shape index (κ1) is 27.9. The van der Waals surface area contributed by atoms with Crippen molar-refractivity contribution in [2.75, 3.05) is 26.3 Å².